The number of likely N-dealkylation sites (N-methyl/N-ethyl adjacent to an activating group) is 2. The van der Waals surface area contributed by atoms with Crippen LogP contribution in [-0.4, -0.2) is 96.2 Å². The third-order valence-corrected chi connectivity index (χ3v) is 8.10. The molecule has 2 saturated heterocycles. The summed E-state index contributed by atoms with van der Waals surface area (Å²) in [6.07, 6.45) is 0. The summed E-state index contributed by atoms with van der Waals surface area (Å²) < 4.78 is 0. The van der Waals surface area contributed by atoms with Crippen LogP contribution in [0, 0.1) is 0 Å². The zero-order valence-electron chi connectivity index (χ0n) is 22.1. The summed E-state index contributed by atoms with van der Waals surface area (Å²) in [5.41, 5.74) is 8.99. The van der Waals surface area contributed by atoms with E-state index in [0.717, 1.165) is 86.3 Å². The van der Waals surface area contributed by atoms with Crippen molar-refractivity contribution in [3.63, 3.8) is 0 Å². The number of hydrogen-bond acceptors (Lipinski definition) is 6. The number of nitrogens with one attached hydrogen (secondary N) is 2. The number of hydrogen-bond donors (Lipinski definition) is 2. The molecule has 0 bridgehead atoms. The number of aromatic nitrogens is 4. The summed E-state index contributed by atoms with van der Waals surface area (Å²) >= 11 is 0. The van der Waals surface area contributed by atoms with Crippen LogP contribution in [0.5, 0.6) is 0 Å². The van der Waals surface area contributed by atoms with Crippen molar-refractivity contribution in [2.75, 3.05) is 76.3 Å². The first kappa shape index (κ1) is 23.3. The summed E-state index contributed by atoms with van der Waals surface area (Å²) in [6, 6.07) is 21.9. The van der Waals surface area contributed by atoms with Gasteiger partial charge in [0.1, 0.15) is 0 Å². The zero-order chi connectivity index (χ0) is 25.6. The Labute approximate surface area is 222 Å². The Kier molecular flexibility index (Phi) is 5.78. The molecular formula is C30H34N8. The van der Waals surface area contributed by atoms with Gasteiger partial charge in [0.15, 0.2) is 0 Å². The molecule has 5 aromatic rings. The number of anilines is 2. The number of fused-ring (bicyclic) bond motifs is 2. The number of rotatable bonds is 4. The molecule has 0 saturated carbocycles. The topological polar surface area (TPSA) is 70.3 Å². The summed E-state index contributed by atoms with van der Waals surface area (Å²) in [6.45, 7) is 8.30. The van der Waals surface area contributed by atoms with E-state index in [2.05, 4.69) is 104 Å². The Morgan fingerprint density at radius 1 is 0.500 bits per heavy atom. The smallest absolute Gasteiger partial charge is 0.203 e. The van der Waals surface area contributed by atoms with Gasteiger partial charge in [0.25, 0.3) is 0 Å². The van der Waals surface area contributed by atoms with Gasteiger partial charge in [-0.05, 0) is 60.6 Å². The average Bonchev–Trinajstić information content (AvgIpc) is 3.57. The molecule has 0 amide bonds. The van der Waals surface area contributed by atoms with E-state index in [1.54, 1.807) is 0 Å². The zero-order valence-corrected chi connectivity index (χ0v) is 22.1. The van der Waals surface area contributed by atoms with E-state index in [0.29, 0.717) is 0 Å². The largest absolute Gasteiger partial charge is 0.340 e. The van der Waals surface area contributed by atoms with E-state index in [1.165, 1.54) is 22.3 Å². The minimum absolute atomic E-state index is 0.977. The number of benzene rings is 3. The fourth-order valence-corrected chi connectivity index (χ4v) is 5.54. The van der Waals surface area contributed by atoms with Gasteiger partial charge in [-0.25, -0.2) is 9.97 Å². The van der Waals surface area contributed by atoms with Crippen molar-refractivity contribution in [3.8, 4) is 22.3 Å². The molecule has 0 atom stereocenters. The summed E-state index contributed by atoms with van der Waals surface area (Å²) in [5.74, 6) is 1.95. The Morgan fingerprint density at radius 3 is 1.26 bits per heavy atom. The van der Waals surface area contributed by atoms with Crippen molar-refractivity contribution in [1.82, 2.24) is 29.7 Å². The highest BCUT2D eigenvalue weighted by Crippen LogP contribution is 2.30. The van der Waals surface area contributed by atoms with Gasteiger partial charge in [-0.1, -0.05) is 36.4 Å². The van der Waals surface area contributed by atoms with Gasteiger partial charge in [-0.15, -0.1) is 0 Å². The second kappa shape index (κ2) is 9.45. The van der Waals surface area contributed by atoms with Gasteiger partial charge in [0.2, 0.25) is 11.9 Å². The van der Waals surface area contributed by atoms with E-state index >= 15 is 0 Å². The first-order valence-corrected chi connectivity index (χ1v) is 13.6. The maximum Gasteiger partial charge on any atom is 0.203 e. The predicted octanol–water partition coefficient (Wildman–Crippen LogP) is 4.28. The van der Waals surface area contributed by atoms with Gasteiger partial charge in [-0.2, -0.15) is 0 Å². The minimum atomic E-state index is 0.977. The van der Waals surface area contributed by atoms with Gasteiger partial charge in [0.05, 0.1) is 22.1 Å². The van der Waals surface area contributed by atoms with Crippen LogP contribution in [0.1, 0.15) is 0 Å². The number of piperazine rings is 2. The van der Waals surface area contributed by atoms with Crippen molar-refractivity contribution in [3.05, 3.63) is 60.7 Å². The molecule has 8 nitrogen and oxygen atoms in total. The number of nitrogens with zero attached hydrogens (tertiary/aromatic N) is 6. The molecule has 2 aliphatic rings. The molecule has 194 valence electrons. The van der Waals surface area contributed by atoms with Gasteiger partial charge >= 0.3 is 0 Å². The molecule has 7 rings (SSSR count). The summed E-state index contributed by atoms with van der Waals surface area (Å²) in [7, 11) is 4.35. The van der Waals surface area contributed by atoms with Crippen LogP contribution in [0.3, 0.4) is 0 Å². The Hall–Kier alpha value is -3.88. The normalized spacial score (nSPS) is 17.6. The van der Waals surface area contributed by atoms with Crippen molar-refractivity contribution < 1.29 is 0 Å². The van der Waals surface area contributed by atoms with Crippen molar-refractivity contribution in [2.45, 2.75) is 0 Å². The first-order valence-electron chi connectivity index (χ1n) is 13.6. The molecule has 0 spiro atoms. The third kappa shape index (κ3) is 4.40. The summed E-state index contributed by atoms with van der Waals surface area (Å²) in [5, 5.41) is 0. The summed E-state index contributed by atoms with van der Waals surface area (Å²) in [4.78, 5) is 26.2. The Bertz CT molecular complexity index is 1450. The molecule has 2 fully saturated rings. The lowest BCUT2D eigenvalue weighted by Crippen LogP contribution is -2.44. The Morgan fingerprint density at radius 2 is 0.868 bits per heavy atom. The van der Waals surface area contributed by atoms with Crippen LogP contribution in [0.2, 0.25) is 0 Å². The molecule has 2 aliphatic heterocycles. The lowest BCUT2D eigenvalue weighted by molar-refractivity contribution is 0.311. The van der Waals surface area contributed by atoms with Crippen molar-refractivity contribution in [2.24, 2.45) is 0 Å². The van der Waals surface area contributed by atoms with Gasteiger partial charge < -0.3 is 29.6 Å². The molecule has 0 unspecified atom stereocenters. The second-order valence-corrected chi connectivity index (χ2v) is 10.7. The van der Waals surface area contributed by atoms with E-state index in [-0.39, 0.29) is 0 Å². The first-order chi connectivity index (χ1) is 18.6. The quantitative estimate of drug-likeness (QED) is 0.379. The van der Waals surface area contributed by atoms with Crippen LogP contribution < -0.4 is 9.80 Å². The maximum absolute atomic E-state index is 4.85. The molecule has 4 heterocycles. The van der Waals surface area contributed by atoms with Crippen LogP contribution in [0.25, 0.3) is 44.3 Å². The number of aromatic amines is 2. The van der Waals surface area contributed by atoms with Crippen LogP contribution >= 0.6 is 0 Å². The standard InChI is InChI=1S/C30H34N8/c1-35-11-15-37(16-12-35)29-31-25-9-7-23(19-27(25)33-29)21-3-5-22(6-4-21)24-8-10-26-28(20-24)34-30(32-26)38-17-13-36(2)14-18-38/h3-10,19-20H,11-18H2,1-2H3,(H,31,33)(H,32,34). The highest BCUT2D eigenvalue weighted by Gasteiger charge is 2.19. The average molecular weight is 507 g/mol. The fourth-order valence-electron chi connectivity index (χ4n) is 5.54. The molecule has 38 heavy (non-hydrogen) atoms. The molecule has 3 aromatic carbocycles. The van der Waals surface area contributed by atoms with Crippen LogP contribution in [-0.2, 0) is 0 Å². The van der Waals surface area contributed by atoms with Crippen LogP contribution in [0.15, 0.2) is 60.7 Å². The molecular weight excluding hydrogens is 472 g/mol. The van der Waals surface area contributed by atoms with Crippen molar-refractivity contribution in [1.29, 1.82) is 0 Å². The van der Waals surface area contributed by atoms with Crippen LogP contribution in [0.4, 0.5) is 11.9 Å². The molecule has 2 aromatic heterocycles. The SMILES string of the molecule is CN1CCN(c2nc3ccc(-c4ccc(-c5ccc6nc(N7CCN(C)CC7)[nH]c6c5)cc4)cc3[nH]2)CC1. The van der Waals surface area contributed by atoms with Crippen molar-refractivity contribution >= 4 is 34.0 Å². The third-order valence-electron chi connectivity index (χ3n) is 8.10. The monoisotopic (exact) mass is 506 g/mol. The predicted molar refractivity (Wildman–Crippen MR) is 156 cm³/mol. The minimum Gasteiger partial charge on any atom is -0.340 e. The lowest BCUT2D eigenvalue weighted by Gasteiger charge is -2.32. The lowest BCUT2D eigenvalue weighted by atomic mass is 10.00. The Balaban J connectivity index is 1.11. The molecule has 0 radical (unpaired) electrons. The van der Waals surface area contributed by atoms with E-state index in [1.807, 2.05) is 0 Å². The van der Waals surface area contributed by atoms with Gasteiger partial charge in [-0.3, -0.25) is 0 Å². The number of imidazole rings is 2. The van der Waals surface area contributed by atoms with Gasteiger partial charge in [0, 0.05) is 52.4 Å². The highest BCUT2D eigenvalue weighted by atomic mass is 15.3. The molecule has 0 aliphatic carbocycles. The molecule has 8 heteroatoms. The second-order valence-electron chi connectivity index (χ2n) is 10.7. The van der Waals surface area contributed by atoms with E-state index in [9.17, 15) is 0 Å². The van der Waals surface area contributed by atoms with E-state index in [4.69, 9.17) is 9.97 Å². The highest BCUT2D eigenvalue weighted by molar-refractivity contribution is 5.86. The fraction of sp³-hybridized carbons (Fsp3) is 0.333. The maximum atomic E-state index is 4.85. The van der Waals surface area contributed by atoms with E-state index < -0.39 is 0 Å². The number of H-pyrrole nitrogens is 2. The molecule has 2 N–H and O–H groups in total.